The van der Waals surface area contributed by atoms with Crippen molar-refractivity contribution in [2.45, 2.75) is 32.6 Å². The van der Waals surface area contributed by atoms with Crippen LogP contribution in [0, 0.1) is 6.92 Å². The van der Waals surface area contributed by atoms with Crippen LogP contribution >= 0.6 is 11.6 Å². The molecule has 3 aromatic rings. The Morgan fingerprint density at radius 1 is 1.19 bits per heavy atom. The van der Waals surface area contributed by atoms with Crippen LogP contribution in [0.3, 0.4) is 0 Å². The zero-order valence-electron chi connectivity index (χ0n) is 18.3. The third-order valence-corrected chi connectivity index (χ3v) is 6.02. The molecule has 1 aromatic heterocycles. The number of anilines is 3. The van der Waals surface area contributed by atoms with Gasteiger partial charge in [-0.2, -0.15) is 0 Å². The number of allylic oxidation sites excluding steroid dienone is 1. The average molecular weight is 447 g/mol. The minimum atomic E-state index is -0.0337. The van der Waals surface area contributed by atoms with Gasteiger partial charge in [0.05, 0.1) is 5.69 Å². The van der Waals surface area contributed by atoms with E-state index in [-0.39, 0.29) is 12.2 Å². The molecule has 0 bridgehead atoms. The molecule has 5 nitrogen and oxygen atoms in total. The third-order valence-electron chi connectivity index (χ3n) is 5.69. The molecule has 0 spiro atoms. The van der Waals surface area contributed by atoms with Crippen LogP contribution in [0.2, 0.25) is 5.02 Å². The second-order valence-corrected chi connectivity index (χ2v) is 8.52. The van der Waals surface area contributed by atoms with E-state index in [0.29, 0.717) is 11.0 Å². The lowest BCUT2D eigenvalue weighted by Crippen LogP contribution is -2.29. The van der Waals surface area contributed by atoms with Crippen molar-refractivity contribution < 1.29 is 4.79 Å². The summed E-state index contributed by atoms with van der Waals surface area (Å²) in [6.45, 7) is 7.69. The zero-order valence-corrected chi connectivity index (χ0v) is 19.0. The van der Waals surface area contributed by atoms with Crippen LogP contribution in [-0.4, -0.2) is 28.8 Å². The number of carbonyl (C=O) groups is 1. The van der Waals surface area contributed by atoms with Crippen LogP contribution in [0.1, 0.15) is 30.4 Å². The van der Waals surface area contributed by atoms with E-state index >= 15 is 0 Å². The van der Waals surface area contributed by atoms with Crippen LogP contribution in [0.15, 0.2) is 61.3 Å². The monoisotopic (exact) mass is 446 g/mol. The zero-order chi connectivity index (χ0) is 22.5. The number of aryl methyl sites for hydroxylation is 1. The highest BCUT2D eigenvalue weighted by Gasteiger charge is 2.14. The number of nitrogens with zero attached hydrogens (tertiary/aromatic N) is 3. The van der Waals surface area contributed by atoms with Gasteiger partial charge in [0.1, 0.15) is 0 Å². The van der Waals surface area contributed by atoms with Gasteiger partial charge in [-0.1, -0.05) is 30.3 Å². The lowest BCUT2D eigenvalue weighted by Gasteiger charge is -2.29. The maximum absolute atomic E-state index is 11.8. The number of halogens is 1. The maximum Gasteiger partial charge on any atom is 0.227 e. The van der Waals surface area contributed by atoms with E-state index < -0.39 is 0 Å². The first-order valence-corrected chi connectivity index (χ1v) is 11.3. The predicted octanol–water partition coefficient (Wildman–Crippen LogP) is 6.14. The molecule has 6 heteroatoms. The number of carbonyl (C=O) groups excluding carboxylic acids is 1. The van der Waals surface area contributed by atoms with E-state index in [1.54, 1.807) is 12.3 Å². The summed E-state index contributed by atoms with van der Waals surface area (Å²) in [4.78, 5) is 23.4. The van der Waals surface area contributed by atoms with Gasteiger partial charge in [0, 0.05) is 47.7 Å². The van der Waals surface area contributed by atoms with Gasteiger partial charge < -0.3 is 10.2 Å². The highest BCUT2D eigenvalue weighted by Crippen LogP contribution is 2.31. The Morgan fingerprint density at radius 2 is 2.00 bits per heavy atom. The van der Waals surface area contributed by atoms with Gasteiger partial charge in [-0.3, -0.25) is 4.79 Å². The molecule has 0 amide bonds. The molecule has 4 rings (SSSR count). The van der Waals surface area contributed by atoms with Crippen molar-refractivity contribution in [2.75, 3.05) is 23.3 Å². The molecule has 1 aliphatic rings. The summed E-state index contributed by atoms with van der Waals surface area (Å²) in [6, 6.07) is 13.9. The summed E-state index contributed by atoms with van der Waals surface area (Å²) in [6.07, 6.45) is 7.19. The van der Waals surface area contributed by atoms with Crippen molar-refractivity contribution in [3.8, 4) is 11.3 Å². The molecule has 164 valence electrons. The molecule has 1 saturated heterocycles. The number of hydrogen-bond acceptors (Lipinski definition) is 5. The Labute approximate surface area is 194 Å². The lowest BCUT2D eigenvalue weighted by atomic mass is 10.0. The van der Waals surface area contributed by atoms with Gasteiger partial charge in [0.15, 0.2) is 5.78 Å². The van der Waals surface area contributed by atoms with Crippen molar-refractivity contribution in [1.82, 2.24) is 9.97 Å². The van der Waals surface area contributed by atoms with Gasteiger partial charge in [-0.05, 0) is 73.7 Å². The van der Waals surface area contributed by atoms with E-state index in [1.807, 2.05) is 25.1 Å². The first-order valence-electron chi connectivity index (χ1n) is 10.9. The summed E-state index contributed by atoms with van der Waals surface area (Å²) in [5, 5.41) is 3.92. The number of rotatable bonds is 7. The van der Waals surface area contributed by atoms with Crippen LogP contribution in [0.25, 0.3) is 11.3 Å². The Hall–Kier alpha value is -3.18. The standard InChI is InChI=1S/C26H27ClN4O/c1-3-22(32)14-19-10-11-24(27)23(15-19)25-18(2)17-28-26(30-25)29-20-8-7-9-21(16-20)31-12-5-4-6-13-31/h3,7-11,15-17H,1,4-6,12-14H2,2H3,(H,28,29,30). The Morgan fingerprint density at radius 3 is 2.78 bits per heavy atom. The fourth-order valence-electron chi connectivity index (χ4n) is 3.97. The second kappa shape index (κ2) is 9.96. The Bertz CT molecular complexity index is 1140. The van der Waals surface area contributed by atoms with Crippen molar-refractivity contribution >= 4 is 34.7 Å². The van der Waals surface area contributed by atoms with Gasteiger partial charge in [-0.25, -0.2) is 9.97 Å². The van der Waals surface area contributed by atoms with E-state index in [2.05, 4.69) is 40.0 Å². The summed E-state index contributed by atoms with van der Waals surface area (Å²) >= 11 is 6.50. The van der Waals surface area contributed by atoms with Crippen LogP contribution in [-0.2, 0) is 11.2 Å². The molecule has 32 heavy (non-hydrogen) atoms. The fraction of sp³-hybridized carbons (Fsp3) is 0.269. The lowest BCUT2D eigenvalue weighted by molar-refractivity contribution is -0.114. The minimum Gasteiger partial charge on any atom is -0.371 e. The molecule has 1 fully saturated rings. The minimum absolute atomic E-state index is 0.0337. The van der Waals surface area contributed by atoms with Crippen LogP contribution < -0.4 is 10.2 Å². The summed E-state index contributed by atoms with van der Waals surface area (Å²) < 4.78 is 0. The van der Waals surface area contributed by atoms with Crippen LogP contribution in [0.4, 0.5) is 17.3 Å². The molecule has 0 radical (unpaired) electrons. The Kier molecular flexibility index (Phi) is 6.86. The van der Waals surface area contributed by atoms with Crippen molar-refractivity contribution in [3.63, 3.8) is 0 Å². The second-order valence-electron chi connectivity index (χ2n) is 8.11. The molecule has 1 N–H and O–H groups in total. The van der Waals surface area contributed by atoms with Gasteiger partial charge in [-0.15, -0.1) is 0 Å². The highest BCUT2D eigenvalue weighted by atomic mass is 35.5. The average Bonchev–Trinajstić information content (AvgIpc) is 2.82. The molecular formula is C26H27ClN4O. The van der Waals surface area contributed by atoms with Gasteiger partial charge in [0.25, 0.3) is 0 Å². The molecular weight excluding hydrogens is 420 g/mol. The number of aromatic nitrogens is 2. The molecule has 2 aromatic carbocycles. The van der Waals surface area contributed by atoms with Gasteiger partial charge in [0.2, 0.25) is 5.95 Å². The van der Waals surface area contributed by atoms with Crippen LogP contribution in [0.5, 0.6) is 0 Å². The molecule has 2 heterocycles. The first-order chi connectivity index (χ1) is 15.5. The number of hydrogen-bond donors (Lipinski definition) is 1. The molecule has 0 aliphatic carbocycles. The highest BCUT2D eigenvalue weighted by molar-refractivity contribution is 6.33. The van der Waals surface area contributed by atoms with Crippen molar-refractivity contribution in [1.29, 1.82) is 0 Å². The third kappa shape index (κ3) is 5.17. The smallest absolute Gasteiger partial charge is 0.227 e. The number of piperidine rings is 1. The molecule has 0 atom stereocenters. The SMILES string of the molecule is C=CC(=O)Cc1ccc(Cl)c(-c2nc(Nc3cccc(N4CCCCC4)c3)ncc2C)c1. The Balaban J connectivity index is 1.61. The maximum atomic E-state index is 11.8. The van der Waals surface area contributed by atoms with E-state index in [9.17, 15) is 4.79 Å². The predicted molar refractivity (Wildman–Crippen MR) is 132 cm³/mol. The van der Waals surface area contributed by atoms with Crippen molar-refractivity contribution in [3.05, 3.63) is 77.5 Å². The number of nitrogens with one attached hydrogen (secondary N) is 1. The molecule has 0 saturated carbocycles. The van der Waals surface area contributed by atoms with E-state index in [0.717, 1.165) is 41.2 Å². The quantitative estimate of drug-likeness (QED) is 0.442. The van der Waals surface area contributed by atoms with E-state index in [1.165, 1.54) is 31.0 Å². The normalized spacial score (nSPS) is 13.6. The largest absolute Gasteiger partial charge is 0.371 e. The number of ketones is 1. The summed E-state index contributed by atoms with van der Waals surface area (Å²) in [7, 11) is 0. The summed E-state index contributed by atoms with van der Waals surface area (Å²) in [5.41, 5.74) is 5.46. The fourth-order valence-corrected chi connectivity index (χ4v) is 4.18. The molecule has 0 unspecified atom stereocenters. The topological polar surface area (TPSA) is 58.1 Å². The van der Waals surface area contributed by atoms with E-state index in [4.69, 9.17) is 16.6 Å². The number of benzene rings is 2. The van der Waals surface area contributed by atoms with Crippen molar-refractivity contribution in [2.24, 2.45) is 0 Å². The summed E-state index contributed by atoms with van der Waals surface area (Å²) in [5.74, 6) is 0.471. The first kappa shape index (κ1) is 22.0. The van der Waals surface area contributed by atoms with Gasteiger partial charge >= 0.3 is 0 Å². The molecule has 1 aliphatic heterocycles.